The minimum Gasteiger partial charge on any atom is -0.492 e. The van der Waals surface area contributed by atoms with Crippen LogP contribution in [-0.4, -0.2) is 62.2 Å². The lowest BCUT2D eigenvalue weighted by Gasteiger charge is -2.26. The highest BCUT2D eigenvalue weighted by Gasteiger charge is 2.25. The number of carbonyl (C=O) groups excluding carboxylic acids is 2. The lowest BCUT2D eigenvalue weighted by Crippen LogP contribution is -2.46. The summed E-state index contributed by atoms with van der Waals surface area (Å²) in [5.74, 6) is 0.694. The zero-order valence-electron chi connectivity index (χ0n) is 17.3. The van der Waals surface area contributed by atoms with Crippen LogP contribution in [0.25, 0.3) is 0 Å². The Hall–Kier alpha value is -2.12. The van der Waals surface area contributed by atoms with Gasteiger partial charge in [-0.2, -0.15) is 0 Å². The van der Waals surface area contributed by atoms with Crippen molar-refractivity contribution >= 4 is 11.8 Å². The number of amides is 2. The molecule has 0 aromatic heterocycles. The molecular weight excluding hydrogens is 370 g/mol. The Balaban J connectivity index is 1.38. The average Bonchev–Trinajstić information content (AvgIpc) is 3.28. The quantitative estimate of drug-likeness (QED) is 0.656. The number of nitrogens with one attached hydrogen (secondary N) is 2. The molecule has 0 radical (unpaired) electrons. The van der Waals surface area contributed by atoms with Crippen LogP contribution >= 0.6 is 0 Å². The highest BCUT2D eigenvalue weighted by molar-refractivity contribution is 5.88. The summed E-state index contributed by atoms with van der Waals surface area (Å²) in [6, 6.07) is 7.22. The van der Waals surface area contributed by atoms with Gasteiger partial charge in [0.25, 0.3) is 0 Å². The molecule has 1 aliphatic carbocycles. The second-order valence-electron chi connectivity index (χ2n) is 7.88. The maximum atomic E-state index is 12.3. The van der Waals surface area contributed by atoms with E-state index in [0.29, 0.717) is 13.2 Å². The molecule has 7 heteroatoms. The predicted molar refractivity (Wildman–Crippen MR) is 111 cm³/mol. The van der Waals surface area contributed by atoms with Crippen molar-refractivity contribution in [1.82, 2.24) is 15.5 Å². The Labute approximate surface area is 173 Å². The third kappa shape index (κ3) is 7.01. The molecule has 2 amide bonds. The lowest BCUT2D eigenvalue weighted by atomic mass is 10.1. The summed E-state index contributed by atoms with van der Waals surface area (Å²) in [5, 5.41) is 5.74. The van der Waals surface area contributed by atoms with Gasteiger partial charge >= 0.3 is 0 Å². The first kappa shape index (κ1) is 21.6. The van der Waals surface area contributed by atoms with E-state index in [9.17, 15) is 9.59 Å². The number of benzene rings is 1. The number of nitrogens with zero attached hydrogens (tertiary/aromatic N) is 1. The van der Waals surface area contributed by atoms with Crippen molar-refractivity contribution in [2.24, 2.45) is 5.92 Å². The van der Waals surface area contributed by atoms with Crippen LogP contribution in [0.1, 0.15) is 38.2 Å². The van der Waals surface area contributed by atoms with Gasteiger partial charge in [0.1, 0.15) is 18.4 Å². The molecule has 29 heavy (non-hydrogen) atoms. The van der Waals surface area contributed by atoms with Gasteiger partial charge in [0.15, 0.2) is 0 Å². The number of hydrogen-bond donors (Lipinski definition) is 2. The van der Waals surface area contributed by atoms with Crippen LogP contribution < -0.4 is 15.4 Å². The van der Waals surface area contributed by atoms with Gasteiger partial charge in [0.2, 0.25) is 11.8 Å². The third-order valence-electron chi connectivity index (χ3n) is 5.62. The fourth-order valence-electron chi connectivity index (χ4n) is 3.79. The Morgan fingerprint density at radius 1 is 1.24 bits per heavy atom. The van der Waals surface area contributed by atoms with Gasteiger partial charge in [0.05, 0.1) is 13.2 Å². The molecular formula is C22H33N3O4. The van der Waals surface area contributed by atoms with Gasteiger partial charge in [-0.05, 0) is 37.5 Å². The summed E-state index contributed by atoms with van der Waals surface area (Å²) in [5.41, 5.74) is 0.969. The van der Waals surface area contributed by atoms with E-state index in [4.69, 9.17) is 9.47 Å². The van der Waals surface area contributed by atoms with Crippen molar-refractivity contribution in [3.63, 3.8) is 0 Å². The van der Waals surface area contributed by atoms with Gasteiger partial charge in [-0.3, -0.25) is 14.5 Å². The Morgan fingerprint density at radius 2 is 2.00 bits per heavy atom. The van der Waals surface area contributed by atoms with Crippen molar-refractivity contribution < 1.29 is 19.1 Å². The van der Waals surface area contributed by atoms with Crippen LogP contribution in [0.4, 0.5) is 0 Å². The molecule has 2 fully saturated rings. The SMILES string of the molecule is CC(NC(=O)C1CCCC1)C(=O)NCc1cccc(OCCN2CCOCC2)c1. The number of ether oxygens (including phenoxy) is 2. The lowest BCUT2D eigenvalue weighted by molar-refractivity contribution is -0.130. The molecule has 1 aliphatic heterocycles. The number of morpholine rings is 1. The van der Waals surface area contributed by atoms with Crippen molar-refractivity contribution in [3.8, 4) is 5.75 Å². The maximum absolute atomic E-state index is 12.3. The zero-order chi connectivity index (χ0) is 20.5. The van der Waals surface area contributed by atoms with E-state index in [-0.39, 0.29) is 17.7 Å². The number of rotatable bonds is 9. The van der Waals surface area contributed by atoms with E-state index < -0.39 is 6.04 Å². The molecule has 3 rings (SSSR count). The van der Waals surface area contributed by atoms with E-state index in [0.717, 1.165) is 69.8 Å². The monoisotopic (exact) mass is 403 g/mol. The maximum Gasteiger partial charge on any atom is 0.242 e. The predicted octanol–water partition coefficient (Wildman–Crippen LogP) is 1.71. The summed E-state index contributed by atoms with van der Waals surface area (Å²) >= 11 is 0. The zero-order valence-corrected chi connectivity index (χ0v) is 17.3. The van der Waals surface area contributed by atoms with Gasteiger partial charge in [0, 0.05) is 32.1 Å². The topological polar surface area (TPSA) is 79.9 Å². The Kier molecular flexibility index (Phi) is 8.31. The van der Waals surface area contributed by atoms with Crippen molar-refractivity contribution in [3.05, 3.63) is 29.8 Å². The molecule has 1 unspecified atom stereocenters. The van der Waals surface area contributed by atoms with Crippen molar-refractivity contribution in [2.45, 2.75) is 45.2 Å². The normalized spacial score (nSPS) is 18.9. The molecule has 0 bridgehead atoms. The largest absolute Gasteiger partial charge is 0.492 e. The molecule has 1 aromatic carbocycles. The van der Waals surface area contributed by atoms with Gasteiger partial charge < -0.3 is 20.1 Å². The standard InChI is InChI=1S/C22H33N3O4/c1-17(24-22(27)19-6-2-3-7-19)21(26)23-16-18-5-4-8-20(15-18)29-14-11-25-9-12-28-13-10-25/h4-5,8,15,17,19H,2-3,6-7,9-14,16H2,1H3,(H,23,26)(H,24,27). The summed E-state index contributed by atoms with van der Waals surface area (Å²) < 4.78 is 11.2. The first-order chi connectivity index (χ1) is 14.1. The summed E-state index contributed by atoms with van der Waals surface area (Å²) in [6.07, 6.45) is 4.06. The highest BCUT2D eigenvalue weighted by Crippen LogP contribution is 2.24. The van der Waals surface area contributed by atoms with Crippen LogP contribution in [0.2, 0.25) is 0 Å². The Bertz CT molecular complexity index is 670. The summed E-state index contributed by atoms with van der Waals surface area (Å²) in [7, 11) is 0. The second kappa shape index (κ2) is 11.2. The molecule has 160 valence electrons. The molecule has 0 spiro atoms. The van der Waals surface area contributed by atoms with Crippen LogP contribution in [0.5, 0.6) is 5.75 Å². The van der Waals surface area contributed by atoms with E-state index in [1.807, 2.05) is 24.3 Å². The third-order valence-corrected chi connectivity index (χ3v) is 5.62. The molecule has 1 saturated carbocycles. The fraction of sp³-hybridized carbons (Fsp3) is 0.636. The first-order valence-corrected chi connectivity index (χ1v) is 10.7. The van der Waals surface area contributed by atoms with Crippen LogP contribution in [-0.2, 0) is 20.9 Å². The number of carbonyl (C=O) groups is 2. The molecule has 2 N–H and O–H groups in total. The minimum absolute atomic E-state index is 0.000755. The van der Waals surface area contributed by atoms with Crippen LogP contribution in [0.15, 0.2) is 24.3 Å². The molecule has 1 aromatic rings. The van der Waals surface area contributed by atoms with Crippen LogP contribution in [0, 0.1) is 5.92 Å². The average molecular weight is 404 g/mol. The van der Waals surface area contributed by atoms with Crippen LogP contribution in [0.3, 0.4) is 0 Å². The molecule has 1 saturated heterocycles. The number of hydrogen-bond acceptors (Lipinski definition) is 5. The molecule has 7 nitrogen and oxygen atoms in total. The van der Waals surface area contributed by atoms with Gasteiger partial charge in [-0.25, -0.2) is 0 Å². The van der Waals surface area contributed by atoms with E-state index in [1.54, 1.807) is 6.92 Å². The smallest absolute Gasteiger partial charge is 0.242 e. The van der Waals surface area contributed by atoms with Crippen molar-refractivity contribution in [2.75, 3.05) is 39.5 Å². The molecule has 1 atom stereocenters. The van der Waals surface area contributed by atoms with E-state index in [1.165, 1.54) is 0 Å². The van der Waals surface area contributed by atoms with Gasteiger partial charge in [-0.1, -0.05) is 25.0 Å². The van der Waals surface area contributed by atoms with E-state index >= 15 is 0 Å². The highest BCUT2D eigenvalue weighted by atomic mass is 16.5. The van der Waals surface area contributed by atoms with Gasteiger partial charge in [-0.15, -0.1) is 0 Å². The Morgan fingerprint density at radius 3 is 2.76 bits per heavy atom. The molecule has 2 aliphatic rings. The van der Waals surface area contributed by atoms with Crippen molar-refractivity contribution in [1.29, 1.82) is 0 Å². The molecule has 1 heterocycles. The first-order valence-electron chi connectivity index (χ1n) is 10.7. The minimum atomic E-state index is -0.531. The summed E-state index contributed by atoms with van der Waals surface area (Å²) in [4.78, 5) is 26.8. The second-order valence-corrected chi connectivity index (χ2v) is 7.88. The van der Waals surface area contributed by atoms with E-state index in [2.05, 4.69) is 15.5 Å². The fourth-order valence-corrected chi connectivity index (χ4v) is 3.79. The summed E-state index contributed by atoms with van der Waals surface area (Å²) in [6.45, 7) is 7.11.